The summed E-state index contributed by atoms with van der Waals surface area (Å²) in [5.74, 6) is 0.661. The lowest BCUT2D eigenvalue weighted by atomic mass is 9.95. The molecule has 3 heterocycles. The molecule has 9 heteroatoms. The number of hydrogen-bond donors (Lipinski definition) is 2. The molecule has 4 aromatic rings. The van der Waals surface area contributed by atoms with Crippen LogP contribution in [0, 0.1) is 11.6 Å². The Balaban J connectivity index is 2.21. The number of H-pyrrole nitrogens is 1. The summed E-state index contributed by atoms with van der Waals surface area (Å²) in [4.78, 5) is 26.1. The fourth-order valence-electron chi connectivity index (χ4n) is 3.29. The predicted molar refractivity (Wildman–Crippen MR) is 124 cm³/mol. The number of benzene rings is 1. The van der Waals surface area contributed by atoms with Crippen LogP contribution in [0.25, 0.3) is 31.6 Å². The molecule has 148 valence electrons. The molecule has 0 aliphatic heterocycles. The second-order valence-electron chi connectivity index (χ2n) is 6.31. The van der Waals surface area contributed by atoms with Crippen LogP contribution in [0.1, 0.15) is 28.8 Å². The lowest BCUT2D eigenvalue weighted by Gasteiger charge is -2.14. The Bertz CT molecular complexity index is 1310. The van der Waals surface area contributed by atoms with Gasteiger partial charge in [-0.3, -0.25) is 0 Å². The van der Waals surface area contributed by atoms with E-state index in [0.29, 0.717) is 32.5 Å². The number of carbonyl (C=O) groups is 1. The number of nitrogens with zero attached hydrogens (tertiary/aromatic N) is 2. The number of rotatable bonds is 4. The largest absolute Gasteiger partial charge is 0.462 e. The standard InChI is InChI=1S/C20H16ClN3O2S3/c1-3-26-20(25)13-9(2)22-19-15(14(13)10-4-6-11(21)7-5-10)16-17(29-19)18(28)24-12(8-27)23-16/h4-7,27H,3,8H2,1-2H3,(H,23,24,28). The van der Waals surface area contributed by atoms with Crippen LogP contribution in [-0.4, -0.2) is 27.5 Å². The Morgan fingerprint density at radius 2 is 2.03 bits per heavy atom. The molecule has 4 rings (SSSR count). The molecule has 0 radical (unpaired) electrons. The smallest absolute Gasteiger partial charge is 0.340 e. The van der Waals surface area contributed by atoms with Crippen LogP contribution in [0.2, 0.25) is 5.02 Å². The first-order valence-electron chi connectivity index (χ1n) is 8.84. The number of fused-ring (bicyclic) bond motifs is 3. The average Bonchev–Trinajstić information content (AvgIpc) is 3.06. The van der Waals surface area contributed by atoms with Crippen LogP contribution < -0.4 is 0 Å². The molecule has 3 aromatic heterocycles. The van der Waals surface area contributed by atoms with E-state index in [2.05, 4.69) is 22.6 Å². The number of aryl methyl sites for hydroxylation is 1. The Kier molecular flexibility index (Phi) is 5.61. The zero-order valence-corrected chi connectivity index (χ0v) is 18.9. The van der Waals surface area contributed by atoms with Gasteiger partial charge < -0.3 is 9.72 Å². The van der Waals surface area contributed by atoms with E-state index in [1.807, 2.05) is 19.1 Å². The van der Waals surface area contributed by atoms with Crippen LogP contribution in [0.3, 0.4) is 0 Å². The molecule has 0 fully saturated rings. The van der Waals surface area contributed by atoms with E-state index < -0.39 is 5.97 Å². The van der Waals surface area contributed by atoms with Gasteiger partial charge in [-0.15, -0.1) is 11.3 Å². The van der Waals surface area contributed by atoms with Crippen molar-refractivity contribution in [3.05, 3.63) is 51.0 Å². The Hall–Kier alpha value is -2.00. The molecule has 0 aliphatic rings. The van der Waals surface area contributed by atoms with Gasteiger partial charge in [0.15, 0.2) is 0 Å². The van der Waals surface area contributed by atoms with E-state index in [0.717, 1.165) is 31.6 Å². The van der Waals surface area contributed by atoms with Gasteiger partial charge in [-0.1, -0.05) is 36.0 Å². The van der Waals surface area contributed by atoms with Crippen LogP contribution in [-0.2, 0) is 10.5 Å². The molecule has 1 aromatic carbocycles. The third kappa shape index (κ3) is 3.54. The highest BCUT2D eigenvalue weighted by atomic mass is 35.5. The van der Waals surface area contributed by atoms with Crippen molar-refractivity contribution in [3.8, 4) is 11.1 Å². The van der Waals surface area contributed by atoms with Gasteiger partial charge in [-0.25, -0.2) is 14.8 Å². The summed E-state index contributed by atoms with van der Waals surface area (Å²) in [7, 11) is 0. The number of esters is 1. The monoisotopic (exact) mass is 461 g/mol. The molecule has 0 saturated carbocycles. The lowest BCUT2D eigenvalue weighted by Crippen LogP contribution is -2.10. The minimum Gasteiger partial charge on any atom is -0.462 e. The molecule has 29 heavy (non-hydrogen) atoms. The number of thiophene rings is 1. The molecule has 0 saturated heterocycles. The van der Waals surface area contributed by atoms with E-state index in [1.54, 1.807) is 19.1 Å². The number of aromatic amines is 1. The Morgan fingerprint density at radius 1 is 1.31 bits per heavy atom. The van der Waals surface area contributed by atoms with Crippen molar-refractivity contribution >= 4 is 74.2 Å². The zero-order valence-electron chi connectivity index (χ0n) is 15.6. The van der Waals surface area contributed by atoms with Gasteiger partial charge in [0.05, 0.1) is 28.1 Å². The van der Waals surface area contributed by atoms with E-state index in [-0.39, 0.29) is 6.61 Å². The summed E-state index contributed by atoms with van der Waals surface area (Å²) in [6.07, 6.45) is 0. The van der Waals surface area contributed by atoms with Crippen molar-refractivity contribution < 1.29 is 9.53 Å². The van der Waals surface area contributed by atoms with E-state index in [4.69, 9.17) is 33.5 Å². The molecule has 0 aliphatic carbocycles. The van der Waals surface area contributed by atoms with Crippen LogP contribution >= 0.6 is 47.8 Å². The third-order valence-electron chi connectivity index (χ3n) is 4.48. The third-order valence-corrected chi connectivity index (χ3v) is 6.55. The van der Waals surface area contributed by atoms with E-state index in [9.17, 15) is 4.79 Å². The SMILES string of the molecule is CCOC(=O)c1c(C)nc2sc3c(=S)nc(CS)[nH]c3c2c1-c1ccc(Cl)cc1. The van der Waals surface area contributed by atoms with Gasteiger partial charge in [-0.2, -0.15) is 12.6 Å². The zero-order chi connectivity index (χ0) is 20.7. The van der Waals surface area contributed by atoms with Crippen molar-refractivity contribution in [2.75, 3.05) is 6.61 Å². The number of thiol groups is 1. The molecule has 0 atom stereocenters. The highest BCUT2D eigenvalue weighted by Gasteiger charge is 2.25. The highest BCUT2D eigenvalue weighted by Crippen LogP contribution is 2.41. The maximum atomic E-state index is 12.9. The number of hydrogen-bond acceptors (Lipinski definition) is 7. The number of aromatic nitrogens is 3. The summed E-state index contributed by atoms with van der Waals surface area (Å²) in [6.45, 7) is 3.87. The molecule has 0 bridgehead atoms. The summed E-state index contributed by atoms with van der Waals surface area (Å²) in [5, 5.41) is 1.43. The molecule has 5 nitrogen and oxygen atoms in total. The van der Waals surface area contributed by atoms with Crippen molar-refractivity contribution in [1.82, 2.24) is 15.0 Å². The van der Waals surface area contributed by atoms with E-state index >= 15 is 0 Å². The van der Waals surface area contributed by atoms with Crippen molar-refractivity contribution in [1.29, 1.82) is 0 Å². The lowest BCUT2D eigenvalue weighted by molar-refractivity contribution is 0.0526. The van der Waals surface area contributed by atoms with Crippen molar-refractivity contribution in [2.45, 2.75) is 19.6 Å². The second kappa shape index (κ2) is 8.02. The van der Waals surface area contributed by atoms with Gasteiger partial charge in [0.2, 0.25) is 0 Å². The van der Waals surface area contributed by atoms with Gasteiger partial charge in [0.25, 0.3) is 0 Å². The number of pyridine rings is 1. The number of halogens is 1. The van der Waals surface area contributed by atoms with Crippen LogP contribution in [0.15, 0.2) is 24.3 Å². The fraction of sp³-hybridized carbons (Fsp3) is 0.200. The topological polar surface area (TPSA) is 67.9 Å². The Morgan fingerprint density at radius 3 is 2.69 bits per heavy atom. The van der Waals surface area contributed by atoms with Crippen molar-refractivity contribution in [2.24, 2.45) is 0 Å². The first kappa shape index (κ1) is 20.3. The summed E-state index contributed by atoms with van der Waals surface area (Å²) >= 11 is 17.4. The highest BCUT2D eigenvalue weighted by molar-refractivity contribution is 7.79. The maximum Gasteiger partial charge on any atom is 0.340 e. The quantitative estimate of drug-likeness (QED) is 0.217. The van der Waals surface area contributed by atoms with Crippen LogP contribution in [0.5, 0.6) is 0 Å². The first-order chi connectivity index (χ1) is 13.9. The number of ether oxygens (including phenoxy) is 1. The van der Waals surface area contributed by atoms with Gasteiger partial charge >= 0.3 is 5.97 Å². The maximum absolute atomic E-state index is 12.9. The molecule has 0 spiro atoms. The molecular weight excluding hydrogens is 446 g/mol. The molecular formula is C20H16ClN3O2S3. The summed E-state index contributed by atoms with van der Waals surface area (Å²) < 4.78 is 6.66. The fourth-order valence-corrected chi connectivity index (χ4v) is 4.98. The first-order valence-corrected chi connectivity index (χ1v) is 11.1. The van der Waals surface area contributed by atoms with Crippen LogP contribution in [0.4, 0.5) is 0 Å². The molecule has 1 N–H and O–H groups in total. The van der Waals surface area contributed by atoms with Gasteiger partial charge in [0, 0.05) is 21.7 Å². The minimum absolute atomic E-state index is 0.275. The number of carbonyl (C=O) groups excluding carboxylic acids is 1. The number of nitrogens with one attached hydrogen (secondary N) is 1. The predicted octanol–water partition coefficient (Wildman–Crippen LogP) is 6.14. The second-order valence-corrected chi connectivity index (χ2v) is 8.45. The van der Waals surface area contributed by atoms with E-state index in [1.165, 1.54) is 11.3 Å². The molecule has 0 unspecified atom stereocenters. The summed E-state index contributed by atoms with van der Waals surface area (Å²) in [6, 6.07) is 7.37. The minimum atomic E-state index is -0.411. The average molecular weight is 462 g/mol. The van der Waals surface area contributed by atoms with Gasteiger partial charge in [0.1, 0.15) is 15.3 Å². The Labute approximate surface area is 186 Å². The van der Waals surface area contributed by atoms with Gasteiger partial charge in [-0.05, 0) is 31.5 Å². The molecule has 0 amide bonds. The normalized spacial score (nSPS) is 11.3. The summed E-state index contributed by atoms with van der Waals surface area (Å²) in [5.41, 5.74) is 3.43. The van der Waals surface area contributed by atoms with Crippen molar-refractivity contribution in [3.63, 3.8) is 0 Å².